The van der Waals surface area contributed by atoms with E-state index in [9.17, 15) is 4.79 Å². The minimum Gasteiger partial charge on any atom is -0.363 e. The van der Waals surface area contributed by atoms with E-state index < -0.39 is 0 Å². The molecular weight excluding hydrogens is 208 g/mol. The number of nitrogens with one attached hydrogen (secondary N) is 1. The van der Waals surface area contributed by atoms with Crippen molar-refractivity contribution in [3.8, 4) is 0 Å². The molecule has 1 N–H and O–H groups in total. The van der Waals surface area contributed by atoms with E-state index in [1.54, 1.807) is 13.1 Å². The second kappa shape index (κ2) is 6.45. The molecule has 0 bridgehead atoms. The molecule has 0 aliphatic rings. The van der Waals surface area contributed by atoms with E-state index in [-0.39, 0.29) is 5.12 Å². The van der Waals surface area contributed by atoms with Crippen molar-refractivity contribution < 1.29 is 4.79 Å². The van der Waals surface area contributed by atoms with E-state index in [2.05, 4.69) is 10.3 Å². The topological polar surface area (TPSA) is 42.0 Å². The molecule has 1 aromatic heterocycles. The number of anilines is 1. The molecule has 0 aliphatic heterocycles. The third-order valence-electron chi connectivity index (χ3n) is 1.89. The van der Waals surface area contributed by atoms with Gasteiger partial charge in [-0.1, -0.05) is 17.8 Å². The Morgan fingerprint density at radius 2 is 2.40 bits per heavy atom. The maximum absolute atomic E-state index is 10.7. The molecule has 0 atom stereocenters. The van der Waals surface area contributed by atoms with Gasteiger partial charge >= 0.3 is 0 Å². The molecule has 0 saturated heterocycles. The summed E-state index contributed by atoms with van der Waals surface area (Å²) in [5.74, 6) is 1.53. The minimum atomic E-state index is 0.177. The van der Waals surface area contributed by atoms with Gasteiger partial charge in [-0.25, -0.2) is 4.98 Å². The van der Waals surface area contributed by atoms with Crippen LogP contribution in [0.2, 0.25) is 0 Å². The van der Waals surface area contributed by atoms with Gasteiger partial charge in [0.2, 0.25) is 0 Å². The van der Waals surface area contributed by atoms with E-state index in [0.717, 1.165) is 24.2 Å². The highest BCUT2D eigenvalue weighted by Crippen LogP contribution is 2.09. The molecule has 2 radical (unpaired) electrons. The summed E-state index contributed by atoms with van der Waals surface area (Å²) in [5, 5.41) is 2.65. The van der Waals surface area contributed by atoms with Crippen molar-refractivity contribution in [3.63, 3.8) is 0 Å². The lowest BCUT2D eigenvalue weighted by Gasteiger charge is -2.02. The summed E-state index contributed by atoms with van der Waals surface area (Å²) in [5.41, 5.74) is 1.16. The van der Waals surface area contributed by atoms with Crippen LogP contribution in [0.4, 0.5) is 5.82 Å². The van der Waals surface area contributed by atoms with Crippen molar-refractivity contribution in [3.05, 3.63) is 30.9 Å². The Hall–Kier alpha value is -1.03. The Balaban J connectivity index is 2.28. The van der Waals surface area contributed by atoms with Crippen LogP contribution in [0.25, 0.3) is 0 Å². The number of rotatable bonds is 5. The Bertz CT molecular complexity index is 311. The summed E-state index contributed by atoms with van der Waals surface area (Å²) in [6.07, 6.45) is 3.73. The third-order valence-corrected chi connectivity index (χ3v) is 2.79. The Kier molecular flexibility index (Phi) is 5.18. The van der Waals surface area contributed by atoms with Gasteiger partial charge in [0.1, 0.15) is 5.82 Å². The fourth-order valence-electron chi connectivity index (χ4n) is 1.15. The number of aryl methyl sites for hydroxylation is 1. The molecule has 0 aromatic carbocycles. The van der Waals surface area contributed by atoms with Gasteiger partial charge in [0.15, 0.2) is 5.12 Å². The van der Waals surface area contributed by atoms with E-state index in [0.29, 0.717) is 5.82 Å². The molecule has 0 spiro atoms. The first kappa shape index (κ1) is 12.0. The standard InChI is InChI=1S/C11H14N2OS/c1-9(14)15-7-3-4-10-5-6-11(12-2)13-8-10/h2,5-6,8H,3-4,7H2,1H3,(H,12,13). The first-order valence-corrected chi connectivity index (χ1v) is 5.76. The molecule has 1 aromatic rings. The number of aromatic nitrogens is 1. The molecule has 3 nitrogen and oxygen atoms in total. The van der Waals surface area contributed by atoms with Gasteiger partial charge in [0.05, 0.1) is 7.05 Å². The molecule has 0 fully saturated rings. The molecular formula is C11H14N2OS. The van der Waals surface area contributed by atoms with Gasteiger partial charge < -0.3 is 5.32 Å². The van der Waals surface area contributed by atoms with Crippen LogP contribution in [0.15, 0.2) is 18.3 Å². The van der Waals surface area contributed by atoms with Crippen molar-refractivity contribution in [1.29, 1.82) is 0 Å². The molecule has 0 saturated carbocycles. The molecule has 15 heavy (non-hydrogen) atoms. The molecule has 80 valence electrons. The first-order valence-electron chi connectivity index (χ1n) is 4.77. The smallest absolute Gasteiger partial charge is 0.185 e. The highest BCUT2D eigenvalue weighted by molar-refractivity contribution is 8.13. The second-order valence-electron chi connectivity index (χ2n) is 3.14. The summed E-state index contributed by atoms with van der Waals surface area (Å²) >= 11 is 1.37. The van der Waals surface area contributed by atoms with Gasteiger partial charge in [-0.05, 0) is 24.5 Å². The lowest BCUT2D eigenvalue weighted by molar-refractivity contribution is -0.109. The zero-order chi connectivity index (χ0) is 11.1. The highest BCUT2D eigenvalue weighted by atomic mass is 32.2. The number of hydrogen-bond donors (Lipinski definition) is 1. The number of carbonyl (C=O) groups is 1. The van der Waals surface area contributed by atoms with Crippen molar-refractivity contribution in [2.24, 2.45) is 0 Å². The second-order valence-corrected chi connectivity index (χ2v) is 4.41. The molecule has 0 unspecified atom stereocenters. The first-order chi connectivity index (χ1) is 7.22. The molecule has 0 amide bonds. The van der Waals surface area contributed by atoms with E-state index in [1.807, 2.05) is 12.1 Å². The van der Waals surface area contributed by atoms with Gasteiger partial charge in [-0.15, -0.1) is 0 Å². The summed E-state index contributed by atoms with van der Waals surface area (Å²) in [7, 11) is 5.20. The van der Waals surface area contributed by atoms with Crippen molar-refractivity contribution in [2.45, 2.75) is 19.8 Å². The maximum atomic E-state index is 10.7. The third kappa shape index (κ3) is 4.83. The molecule has 1 rings (SSSR count). The Morgan fingerprint density at radius 3 is 2.93 bits per heavy atom. The van der Waals surface area contributed by atoms with Gasteiger partial charge in [-0.2, -0.15) is 0 Å². The number of nitrogens with zero attached hydrogens (tertiary/aromatic N) is 1. The van der Waals surface area contributed by atoms with Gasteiger partial charge in [0.25, 0.3) is 0 Å². The van der Waals surface area contributed by atoms with Crippen LogP contribution in [0.3, 0.4) is 0 Å². The lowest BCUT2D eigenvalue weighted by Crippen LogP contribution is -1.93. The Labute approximate surface area is 94.7 Å². The number of pyridine rings is 1. The van der Waals surface area contributed by atoms with Crippen molar-refractivity contribution >= 4 is 22.7 Å². The molecule has 4 heteroatoms. The highest BCUT2D eigenvalue weighted by Gasteiger charge is 1.97. The summed E-state index contributed by atoms with van der Waals surface area (Å²) in [6, 6.07) is 3.83. The van der Waals surface area contributed by atoms with E-state index in [1.165, 1.54) is 11.8 Å². The quantitative estimate of drug-likeness (QED) is 0.613. The van der Waals surface area contributed by atoms with Crippen LogP contribution in [-0.2, 0) is 11.2 Å². The fourth-order valence-corrected chi connectivity index (χ4v) is 1.73. The summed E-state index contributed by atoms with van der Waals surface area (Å²) in [4.78, 5) is 14.8. The van der Waals surface area contributed by atoms with Crippen LogP contribution in [0, 0.1) is 7.05 Å². The predicted octanol–water partition coefficient (Wildman–Crippen LogP) is 2.37. The van der Waals surface area contributed by atoms with Gasteiger partial charge in [-0.3, -0.25) is 4.79 Å². The van der Waals surface area contributed by atoms with Crippen LogP contribution in [0.5, 0.6) is 0 Å². The van der Waals surface area contributed by atoms with E-state index >= 15 is 0 Å². The molecule has 1 heterocycles. The predicted molar refractivity (Wildman–Crippen MR) is 63.6 cm³/mol. The zero-order valence-corrected chi connectivity index (χ0v) is 9.51. The number of hydrogen-bond acceptors (Lipinski definition) is 4. The van der Waals surface area contributed by atoms with Crippen LogP contribution in [-0.4, -0.2) is 15.9 Å². The molecule has 0 aliphatic carbocycles. The minimum absolute atomic E-state index is 0.177. The Morgan fingerprint density at radius 1 is 1.60 bits per heavy atom. The van der Waals surface area contributed by atoms with Crippen LogP contribution < -0.4 is 5.32 Å². The fraction of sp³-hybridized carbons (Fsp3) is 0.364. The SMILES string of the molecule is [CH]Nc1ccc(CCCSC(C)=O)cn1. The number of thioether (sulfide) groups is 1. The lowest BCUT2D eigenvalue weighted by atomic mass is 10.2. The normalized spacial score (nSPS) is 10.0. The van der Waals surface area contributed by atoms with Crippen LogP contribution >= 0.6 is 11.8 Å². The largest absolute Gasteiger partial charge is 0.363 e. The summed E-state index contributed by atoms with van der Waals surface area (Å²) < 4.78 is 0. The van der Waals surface area contributed by atoms with Crippen molar-refractivity contribution in [2.75, 3.05) is 11.1 Å². The number of carbonyl (C=O) groups excluding carboxylic acids is 1. The van der Waals surface area contributed by atoms with Crippen LogP contribution in [0.1, 0.15) is 18.9 Å². The zero-order valence-electron chi connectivity index (χ0n) is 8.69. The maximum Gasteiger partial charge on any atom is 0.185 e. The summed E-state index contributed by atoms with van der Waals surface area (Å²) in [6.45, 7) is 1.59. The average Bonchev–Trinajstić information content (AvgIpc) is 2.25. The van der Waals surface area contributed by atoms with Gasteiger partial charge in [0, 0.05) is 18.9 Å². The van der Waals surface area contributed by atoms with Crippen molar-refractivity contribution in [1.82, 2.24) is 4.98 Å². The average molecular weight is 222 g/mol. The van der Waals surface area contributed by atoms with E-state index in [4.69, 9.17) is 7.05 Å². The monoisotopic (exact) mass is 222 g/mol.